The molecule has 1 heterocycles. The van der Waals surface area contributed by atoms with Crippen LogP contribution in [0.15, 0.2) is 24.3 Å². The summed E-state index contributed by atoms with van der Waals surface area (Å²) in [5.41, 5.74) is 0.641. The quantitative estimate of drug-likeness (QED) is 0.839. The van der Waals surface area contributed by atoms with Gasteiger partial charge < -0.3 is 15.0 Å². The lowest BCUT2D eigenvalue weighted by Crippen LogP contribution is -2.46. The average Bonchev–Trinajstić information content (AvgIpc) is 2.50. The number of rotatable bonds is 5. The van der Waals surface area contributed by atoms with Gasteiger partial charge in [0.05, 0.1) is 18.6 Å². The fraction of sp³-hybridized carbons (Fsp3) is 0.500. The molecule has 1 N–H and O–H groups in total. The van der Waals surface area contributed by atoms with Crippen LogP contribution in [0.25, 0.3) is 0 Å². The van der Waals surface area contributed by atoms with Crippen LogP contribution in [-0.2, 0) is 14.3 Å². The van der Waals surface area contributed by atoms with E-state index in [2.05, 4.69) is 5.32 Å². The number of halogens is 1. The van der Waals surface area contributed by atoms with Gasteiger partial charge in [-0.3, -0.25) is 9.59 Å². The van der Waals surface area contributed by atoms with Crippen LogP contribution in [0, 0.1) is 11.7 Å². The van der Waals surface area contributed by atoms with Gasteiger partial charge in [-0.1, -0.05) is 12.1 Å². The molecule has 0 spiro atoms. The van der Waals surface area contributed by atoms with Crippen LogP contribution in [0.2, 0.25) is 0 Å². The first kappa shape index (κ1) is 16.4. The predicted octanol–water partition coefficient (Wildman–Crippen LogP) is 1.50. The summed E-state index contributed by atoms with van der Waals surface area (Å²) >= 11 is 0. The number of nitrogens with one attached hydrogen (secondary N) is 1. The van der Waals surface area contributed by atoms with Crippen molar-refractivity contribution in [2.75, 3.05) is 27.3 Å². The second kappa shape index (κ2) is 7.35. The maximum Gasteiger partial charge on any atom is 0.225 e. The van der Waals surface area contributed by atoms with E-state index in [1.807, 2.05) is 0 Å². The first-order chi connectivity index (χ1) is 10.5. The van der Waals surface area contributed by atoms with Crippen molar-refractivity contribution in [1.29, 1.82) is 0 Å². The Morgan fingerprint density at radius 1 is 1.50 bits per heavy atom. The third-order valence-corrected chi connectivity index (χ3v) is 3.99. The van der Waals surface area contributed by atoms with E-state index in [0.717, 1.165) is 0 Å². The number of carbonyl (C=O) groups excluding carboxylic acids is 2. The summed E-state index contributed by atoms with van der Waals surface area (Å²) in [5, 5.41) is 2.81. The topological polar surface area (TPSA) is 58.6 Å². The number of nitrogens with zero attached hydrogens (tertiary/aromatic N) is 1. The van der Waals surface area contributed by atoms with Gasteiger partial charge in [-0.05, 0) is 24.1 Å². The van der Waals surface area contributed by atoms with Crippen molar-refractivity contribution in [1.82, 2.24) is 10.2 Å². The largest absolute Gasteiger partial charge is 0.383 e. The Balaban J connectivity index is 2.22. The second-order valence-electron chi connectivity index (χ2n) is 5.43. The predicted molar refractivity (Wildman–Crippen MR) is 79.5 cm³/mol. The molecule has 22 heavy (non-hydrogen) atoms. The Labute approximate surface area is 129 Å². The molecule has 0 bridgehead atoms. The highest BCUT2D eigenvalue weighted by molar-refractivity contribution is 5.84. The Hall–Kier alpha value is -1.95. The van der Waals surface area contributed by atoms with Crippen molar-refractivity contribution in [3.05, 3.63) is 35.6 Å². The number of benzene rings is 1. The minimum absolute atomic E-state index is 0.0322. The molecule has 6 heteroatoms. The van der Waals surface area contributed by atoms with Crippen LogP contribution in [0.3, 0.4) is 0 Å². The van der Waals surface area contributed by atoms with Gasteiger partial charge in [-0.15, -0.1) is 0 Å². The minimum atomic E-state index is -0.445. The van der Waals surface area contributed by atoms with E-state index < -0.39 is 6.04 Å². The van der Waals surface area contributed by atoms with Gasteiger partial charge in [-0.2, -0.15) is 0 Å². The Morgan fingerprint density at radius 2 is 2.27 bits per heavy atom. The zero-order valence-electron chi connectivity index (χ0n) is 12.8. The number of hydrogen-bond donors (Lipinski definition) is 1. The maximum atomic E-state index is 13.5. The summed E-state index contributed by atoms with van der Waals surface area (Å²) in [6, 6.07) is 5.63. The minimum Gasteiger partial charge on any atom is -0.383 e. The first-order valence-corrected chi connectivity index (χ1v) is 7.32. The molecule has 1 aliphatic heterocycles. The van der Waals surface area contributed by atoms with Crippen molar-refractivity contribution in [3.63, 3.8) is 0 Å². The third-order valence-electron chi connectivity index (χ3n) is 3.99. The van der Waals surface area contributed by atoms with Crippen LogP contribution in [0.4, 0.5) is 4.39 Å². The summed E-state index contributed by atoms with van der Waals surface area (Å²) in [6.07, 6.45) is 0.786. The molecule has 0 saturated carbocycles. The SMILES string of the molecule is COCCNC(=O)[C@H]1CCC(=O)N(C)[C@H]1c1cccc(F)c1. The highest BCUT2D eigenvalue weighted by Gasteiger charge is 2.38. The zero-order valence-corrected chi connectivity index (χ0v) is 12.8. The van der Waals surface area contributed by atoms with Crippen molar-refractivity contribution >= 4 is 11.8 Å². The fourth-order valence-corrected chi connectivity index (χ4v) is 2.87. The smallest absolute Gasteiger partial charge is 0.225 e. The number of hydrogen-bond acceptors (Lipinski definition) is 3. The van der Waals surface area contributed by atoms with Gasteiger partial charge in [0.1, 0.15) is 5.82 Å². The van der Waals surface area contributed by atoms with Crippen LogP contribution in [-0.4, -0.2) is 44.0 Å². The molecule has 0 radical (unpaired) electrons. The fourth-order valence-electron chi connectivity index (χ4n) is 2.87. The molecule has 1 aliphatic rings. The molecule has 0 aliphatic carbocycles. The van der Waals surface area contributed by atoms with Crippen LogP contribution < -0.4 is 5.32 Å². The summed E-state index contributed by atoms with van der Waals surface area (Å²) in [5.74, 6) is -0.926. The van der Waals surface area contributed by atoms with Gasteiger partial charge >= 0.3 is 0 Å². The van der Waals surface area contributed by atoms with Gasteiger partial charge in [0, 0.05) is 27.1 Å². The van der Waals surface area contributed by atoms with Crippen molar-refractivity contribution in [3.8, 4) is 0 Å². The highest BCUT2D eigenvalue weighted by atomic mass is 19.1. The highest BCUT2D eigenvalue weighted by Crippen LogP contribution is 2.36. The Kier molecular flexibility index (Phi) is 5.49. The Bertz CT molecular complexity index is 550. The van der Waals surface area contributed by atoms with Crippen molar-refractivity contribution in [2.45, 2.75) is 18.9 Å². The van der Waals surface area contributed by atoms with Gasteiger partial charge in [0.25, 0.3) is 0 Å². The molecular formula is C16H21FN2O3. The summed E-state index contributed by atoms with van der Waals surface area (Å²) in [6.45, 7) is 0.844. The van der Waals surface area contributed by atoms with E-state index in [1.165, 1.54) is 12.1 Å². The molecule has 1 aromatic carbocycles. The van der Waals surface area contributed by atoms with Crippen LogP contribution in [0.1, 0.15) is 24.4 Å². The van der Waals surface area contributed by atoms with E-state index in [1.54, 1.807) is 31.2 Å². The van der Waals surface area contributed by atoms with Gasteiger partial charge in [0.15, 0.2) is 0 Å². The number of carbonyl (C=O) groups is 2. The molecule has 120 valence electrons. The number of methoxy groups -OCH3 is 1. The number of ether oxygens (including phenoxy) is 1. The maximum absolute atomic E-state index is 13.5. The Morgan fingerprint density at radius 3 is 2.95 bits per heavy atom. The van der Waals surface area contributed by atoms with Crippen LogP contribution >= 0.6 is 0 Å². The number of piperidine rings is 1. The summed E-state index contributed by atoms with van der Waals surface area (Å²) in [7, 11) is 3.22. The molecular weight excluding hydrogens is 287 g/mol. The summed E-state index contributed by atoms with van der Waals surface area (Å²) < 4.78 is 18.4. The molecule has 1 saturated heterocycles. The van der Waals surface area contributed by atoms with Crippen LogP contribution in [0.5, 0.6) is 0 Å². The van der Waals surface area contributed by atoms with Gasteiger partial charge in [0.2, 0.25) is 11.8 Å². The molecule has 0 aromatic heterocycles. The molecule has 1 fully saturated rings. The number of amides is 2. The van der Waals surface area contributed by atoms with E-state index in [-0.39, 0.29) is 23.5 Å². The molecule has 2 atom stereocenters. The standard InChI is InChI=1S/C16H21FN2O3/c1-19-14(20)7-6-13(16(21)18-8-9-22-2)15(19)11-4-3-5-12(17)10-11/h3-5,10,13,15H,6-9H2,1-2H3,(H,18,21)/t13-,15-/m0/s1. The number of likely N-dealkylation sites (tertiary alicyclic amines) is 1. The lowest BCUT2D eigenvalue weighted by Gasteiger charge is -2.38. The van der Waals surface area contributed by atoms with Crippen molar-refractivity contribution in [2.24, 2.45) is 5.92 Å². The lowest BCUT2D eigenvalue weighted by atomic mass is 9.84. The monoisotopic (exact) mass is 308 g/mol. The van der Waals surface area contributed by atoms with E-state index in [9.17, 15) is 14.0 Å². The molecule has 2 amide bonds. The third kappa shape index (κ3) is 3.62. The van der Waals surface area contributed by atoms with Gasteiger partial charge in [-0.25, -0.2) is 4.39 Å². The first-order valence-electron chi connectivity index (χ1n) is 7.32. The lowest BCUT2D eigenvalue weighted by molar-refractivity contribution is -0.141. The summed E-state index contributed by atoms with van der Waals surface area (Å²) in [4.78, 5) is 25.9. The average molecular weight is 308 g/mol. The van der Waals surface area contributed by atoms with E-state index in [4.69, 9.17) is 4.74 Å². The molecule has 5 nitrogen and oxygen atoms in total. The zero-order chi connectivity index (χ0) is 16.1. The molecule has 1 aromatic rings. The van der Waals surface area contributed by atoms with E-state index >= 15 is 0 Å². The molecule has 2 rings (SSSR count). The van der Waals surface area contributed by atoms with E-state index in [0.29, 0.717) is 31.6 Å². The normalized spacial score (nSPS) is 21.8. The second-order valence-corrected chi connectivity index (χ2v) is 5.43. The van der Waals surface area contributed by atoms with Crippen molar-refractivity contribution < 1.29 is 18.7 Å². The molecule has 0 unspecified atom stereocenters.